The van der Waals surface area contributed by atoms with Gasteiger partial charge in [-0.05, 0) is 223 Å². The number of morpholine rings is 1. The average Bonchev–Trinajstić information content (AvgIpc) is 1.62. The Hall–Kier alpha value is -15.5. The van der Waals surface area contributed by atoms with Gasteiger partial charge in [0.2, 0.25) is 0 Å². The van der Waals surface area contributed by atoms with E-state index in [4.69, 9.17) is 9.72 Å². The highest BCUT2D eigenvalue weighted by molar-refractivity contribution is 7.90. The van der Waals surface area contributed by atoms with Crippen LogP contribution in [0.15, 0.2) is 225 Å². The Balaban J connectivity index is 0.000000114. The molecule has 32 heteroatoms. The molecule has 2 fully saturated rings. The van der Waals surface area contributed by atoms with Crippen molar-refractivity contribution in [2.24, 2.45) is 14.1 Å². The Kier molecular flexibility index (Phi) is 23.5. The van der Waals surface area contributed by atoms with Crippen molar-refractivity contribution in [1.29, 1.82) is 0 Å². The summed E-state index contributed by atoms with van der Waals surface area (Å²) in [6.45, 7) is 16.6. The van der Waals surface area contributed by atoms with Gasteiger partial charge in [-0.2, -0.15) is 0 Å². The quantitative estimate of drug-likeness (QED) is 0.0363. The molecule has 4 amide bonds. The Labute approximate surface area is 766 Å². The topological polar surface area (TPSA) is 373 Å². The van der Waals surface area contributed by atoms with Crippen molar-refractivity contribution < 1.29 is 42.2 Å². The number of ether oxygens (including phenoxy) is 1. The molecule has 0 bridgehead atoms. The summed E-state index contributed by atoms with van der Waals surface area (Å²) < 4.78 is 36.8. The van der Waals surface area contributed by atoms with E-state index in [1.165, 1.54) is 12.3 Å². The van der Waals surface area contributed by atoms with Crippen molar-refractivity contribution in [1.82, 2.24) is 79.1 Å². The van der Waals surface area contributed by atoms with Crippen molar-refractivity contribution in [3.8, 4) is 44.8 Å². The number of fused-ring (bicyclic) bond motifs is 8. The molecule has 0 spiro atoms. The monoisotopic (exact) mass is 1790 g/mol. The van der Waals surface area contributed by atoms with E-state index in [0.29, 0.717) is 89.5 Å². The van der Waals surface area contributed by atoms with E-state index in [1.54, 1.807) is 18.5 Å². The number of carbonyl (C=O) groups excluding carboxylic acids is 5. The zero-order valence-corrected chi connectivity index (χ0v) is 75.5. The highest BCUT2D eigenvalue weighted by Crippen LogP contribution is 2.43. The molecule has 31 nitrogen and oxygen atoms in total. The molecule has 12 aromatic heterocycles. The van der Waals surface area contributed by atoms with Crippen molar-refractivity contribution in [2.75, 3.05) is 76.7 Å². The van der Waals surface area contributed by atoms with Gasteiger partial charge in [0.25, 0.3) is 23.6 Å². The molecule has 6 aliphatic heterocycles. The largest absolute Gasteiger partial charge is 0.393 e. The number of aromatic nitrogens is 12. The van der Waals surface area contributed by atoms with Crippen LogP contribution in [-0.2, 0) is 65.1 Å². The molecule has 133 heavy (non-hydrogen) atoms. The fraction of sp³-hybridized carbons (Fsp3) is 0.238. The highest BCUT2D eigenvalue weighted by atomic mass is 32.2. The summed E-state index contributed by atoms with van der Waals surface area (Å²) in [4.78, 5) is 104. The lowest BCUT2D eigenvalue weighted by molar-refractivity contribution is -0.123. The predicted octanol–water partition coefficient (Wildman–Crippen LogP) is 15.5. The Morgan fingerprint density at radius 3 is 1.38 bits per heavy atom. The van der Waals surface area contributed by atoms with Gasteiger partial charge in [-0.3, -0.25) is 32.8 Å². The number of piperidine rings is 1. The van der Waals surface area contributed by atoms with Gasteiger partial charge in [-0.15, -0.1) is 0 Å². The third kappa shape index (κ3) is 17.2. The number of imidazole rings is 2. The fourth-order valence-electron chi connectivity index (χ4n) is 18.2. The molecule has 0 saturated carbocycles. The Bertz CT molecular complexity index is 7420. The third-order valence-corrected chi connectivity index (χ3v) is 26.5. The van der Waals surface area contributed by atoms with Crippen LogP contribution in [0.5, 0.6) is 0 Å². The minimum atomic E-state index is -3.32. The molecule has 9 N–H and O–H groups in total. The van der Waals surface area contributed by atoms with Gasteiger partial charge < -0.3 is 71.3 Å². The second-order valence-electron chi connectivity index (χ2n) is 34.5. The minimum absolute atomic E-state index is 0.0797. The second-order valence-corrected chi connectivity index (χ2v) is 36.5. The molecular weight excluding hydrogens is 1700 g/mol. The molecule has 0 aliphatic carbocycles. The number of pyridine rings is 8. The smallest absolute Gasteiger partial charge is 0.254 e. The number of aryl methyl sites for hydroxylation is 4. The van der Waals surface area contributed by atoms with E-state index >= 15 is 0 Å². The van der Waals surface area contributed by atoms with Crippen LogP contribution in [0.4, 0.5) is 57.5 Å². The number of sulfone groups is 1. The number of aliphatic hydroxyl groups excluding tert-OH is 1. The summed E-state index contributed by atoms with van der Waals surface area (Å²) in [6.07, 6.45) is 24.0. The van der Waals surface area contributed by atoms with E-state index in [-0.39, 0.29) is 40.4 Å². The van der Waals surface area contributed by atoms with Crippen molar-refractivity contribution in [3.63, 3.8) is 0 Å². The normalized spacial score (nSPS) is 14.5. The first-order valence-corrected chi connectivity index (χ1v) is 46.1. The van der Waals surface area contributed by atoms with Crippen molar-refractivity contribution in [2.45, 2.75) is 103 Å². The van der Waals surface area contributed by atoms with Crippen molar-refractivity contribution in [3.05, 3.63) is 281 Å². The number of anilines is 10. The van der Waals surface area contributed by atoms with Gasteiger partial charge >= 0.3 is 0 Å². The number of benzene rings is 4. The molecule has 0 atom stereocenters. The summed E-state index contributed by atoms with van der Waals surface area (Å²) in [5, 5.41) is 36.9. The maximum absolute atomic E-state index is 12.9. The molecular formula is C101H98N22O9S. The maximum Gasteiger partial charge on any atom is 0.254 e. The van der Waals surface area contributed by atoms with Crippen LogP contribution in [0.2, 0.25) is 0 Å². The Morgan fingerprint density at radius 2 is 0.932 bits per heavy atom. The Morgan fingerprint density at radius 1 is 0.481 bits per heavy atom. The number of amides is 4. The standard InChI is InChI=1S/C28H29N5O2.C26H26N6O2.C25H24N6O2.C22H19N5O3S/c1-5-6-23(34)28(2,3)17-7-10-24(30-15-17)32-22-9-8-18(21-16-31-27(35)25(21)22)19-11-13-29-26-20(19)12-14-33(26)4;1-31-12-10-19-18(7-11-27-25(19)31)17-5-6-21(24-20(17)15-28-26(24)34)29-22-3-2-4-23(30-22)32-13-8-16(33)9-14-32;1-16-6-7-31-21(15-27-23(31)12-16)18-3-4-20(24-19(18)14-28-25(24)32)29-22-5-2-17(13-26-22)30-8-10-33-11-9-30;1-13-7-8-27-18(12-24-20(27)9-13)15-4-5-17(21-16(15)11-25-22(21)28)26-19-6-3-14(10-23-19)31(2,29)30/h7-15H,5-6,16H2,1-4H3,(H,30,32)(H,31,35);2-7,10-12,16,33H,8-9,13-15H2,1H3,(H,28,34)(H,29,30);2-7,12-13,15H,8-11,14H2,1H3,(H,26,29)(H,28,32);3-10,12H,11H2,1-2H3,(H,23,26)(H,25,28). The van der Waals surface area contributed by atoms with Gasteiger partial charge in [0.1, 0.15) is 57.5 Å². The number of carbonyl (C=O) groups is 5. The molecule has 0 unspecified atom stereocenters. The molecule has 4 aromatic carbocycles. The van der Waals surface area contributed by atoms with Crippen LogP contribution >= 0.6 is 0 Å². The van der Waals surface area contributed by atoms with Crippen LogP contribution in [-0.4, -0.2) is 152 Å². The molecule has 6 aliphatic rings. The van der Waals surface area contributed by atoms with E-state index in [2.05, 4.69) is 135 Å². The average molecular weight is 1800 g/mol. The first kappa shape index (κ1) is 86.8. The molecule has 16 aromatic rings. The zero-order chi connectivity index (χ0) is 92.1. The summed E-state index contributed by atoms with van der Waals surface area (Å²) in [5.41, 5.74) is 24.3. The lowest BCUT2D eigenvalue weighted by Crippen LogP contribution is -2.36. The number of nitrogens with zero attached hydrogens (tertiary/aromatic N) is 14. The number of rotatable bonds is 19. The van der Waals surface area contributed by atoms with Crippen LogP contribution < -0.4 is 52.3 Å². The summed E-state index contributed by atoms with van der Waals surface area (Å²) in [6, 6.07) is 48.8. The number of hydrogen-bond donors (Lipinski definition) is 9. The molecule has 2 saturated heterocycles. The van der Waals surface area contributed by atoms with Gasteiger partial charge in [0.05, 0.1) is 105 Å². The first-order valence-electron chi connectivity index (χ1n) is 44.3. The van der Waals surface area contributed by atoms with Crippen molar-refractivity contribution >= 4 is 130 Å². The first-order chi connectivity index (χ1) is 64.4. The van der Waals surface area contributed by atoms with Crippen LogP contribution in [0.3, 0.4) is 0 Å². The highest BCUT2D eigenvalue weighted by Gasteiger charge is 2.35. The van der Waals surface area contributed by atoms with E-state index in [0.717, 1.165) is 205 Å². The lowest BCUT2D eigenvalue weighted by atomic mass is 9.80. The number of aliphatic hydroxyl groups is 1. The second kappa shape index (κ2) is 36.1. The number of hydrogen-bond acceptors (Lipinski definition) is 23. The number of ketones is 1. The SMILES string of the molecule is CCCC(=O)C(C)(C)c1ccc(Nc2ccc(-c3ccnc4c3ccn4C)c3c2C(=O)NC3)nc1.Cc1ccn2c(-c3ccc(Nc4ccc(N5CCOCC5)cn4)c4c3CNC4=O)cnc2c1.Cc1ccn2c(-c3ccc(Nc4ccc(S(C)(=O)=O)cn4)c4c3CNC4=O)cnc2c1.Cn1ccc2c(-c3ccc(Nc4cccc(N5CCC(O)CC5)n4)c4c3CNC4=O)ccnc21. The number of nitrogens with one attached hydrogen (secondary N) is 8. The predicted molar refractivity (Wildman–Crippen MR) is 514 cm³/mol. The summed E-state index contributed by atoms with van der Waals surface area (Å²) in [5.74, 6) is 3.10. The van der Waals surface area contributed by atoms with Crippen LogP contribution in [0, 0.1) is 13.8 Å². The lowest BCUT2D eigenvalue weighted by Gasteiger charge is -2.30. The van der Waals surface area contributed by atoms with Gasteiger partial charge in [-0.25, -0.2) is 48.3 Å². The fourth-order valence-corrected chi connectivity index (χ4v) is 18.7. The van der Waals surface area contributed by atoms with E-state index in [1.807, 2.05) is 208 Å². The van der Waals surface area contributed by atoms with Gasteiger partial charge in [0.15, 0.2) is 9.84 Å². The molecule has 18 heterocycles. The summed E-state index contributed by atoms with van der Waals surface area (Å²) >= 11 is 0. The van der Waals surface area contributed by atoms with Crippen LogP contribution in [0.1, 0.15) is 127 Å². The molecule has 0 radical (unpaired) electrons. The summed E-state index contributed by atoms with van der Waals surface area (Å²) in [7, 11) is 0.629. The maximum atomic E-state index is 12.9. The van der Waals surface area contributed by atoms with E-state index < -0.39 is 15.3 Å². The zero-order valence-electron chi connectivity index (χ0n) is 74.6. The third-order valence-electron chi connectivity index (χ3n) is 25.4. The van der Waals surface area contributed by atoms with Gasteiger partial charge in [-0.1, -0.05) is 43.3 Å². The minimum Gasteiger partial charge on any atom is -0.393 e. The molecule has 22 rings (SSSR count). The number of Topliss-reactive ketones (excluding diaryl/α,β-unsaturated/α-hetero) is 1. The van der Waals surface area contributed by atoms with Gasteiger partial charge in [0, 0.05) is 156 Å². The van der Waals surface area contributed by atoms with E-state index in [9.17, 15) is 37.5 Å². The molecule has 672 valence electrons. The van der Waals surface area contributed by atoms with Crippen LogP contribution in [0.25, 0.3) is 78.1 Å².